The molecule has 1 N–H and O–H groups in total. The number of aromatic nitrogens is 2. The summed E-state index contributed by atoms with van der Waals surface area (Å²) in [7, 11) is 0. The zero-order valence-corrected chi connectivity index (χ0v) is 11.2. The summed E-state index contributed by atoms with van der Waals surface area (Å²) in [6.07, 6.45) is 0.987. The predicted molar refractivity (Wildman–Crippen MR) is 74.4 cm³/mol. The summed E-state index contributed by atoms with van der Waals surface area (Å²) in [6.45, 7) is 3.41. The van der Waals surface area contributed by atoms with Gasteiger partial charge in [0.25, 0.3) is 0 Å². The van der Waals surface area contributed by atoms with Crippen molar-refractivity contribution in [3.05, 3.63) is 53.3 Å². The highest BCUT2D eigenvalue weighted by Gasteiger charge is 2.19. The summed E-state index contributed by atoms with van der Waals surface area (Å²) in [4.78, 5) is 13.3. The summed E-state index contributed by atoms with van der Waals surface area (Å²) in [6, 6.07) is 12.0. The first-order valence-corrected chi connectivity index (χ1v) is 6.78. The van der Waals surface area contributed by atoms with E-state index in [9.17, 15) is 4.79 Å². The van der Waals surface area contributed by atoms with E-state index >= 15 is 0 Å². The van der Waals surface area contributed by atoms with Gasteiger partial charge in [-0.2, -0.15) is 5.10 Å². The van der Waals surface area contributed by atoms with E-state index in [1.54, 1.807) is 6.07 Å². The summed E-state index contributed by atoms with van der Waals surface area (Å²) < 4.78 is 1.83. The molecule has 0 bridgehead atoms. The second kappa shape index (κ2) is 5.46. The van der Waals surface area contributed by atoms with E-state index in [4.69, 9.17) is 5.11 Å². The first-order valence-electron chi connectivity index (χ1n) is 6.78. The molecule has 0 saturated heterocycles. The Morgan fingerprint density at radius 2 is 2.05 bits per heavy atom. The van der Waals surface area contributed by atoms with Crippen LogP contribution in [-0.2, 0) is 19.6 Å². The van der Waals surface area contributed by atoms with Crippen LogP contribution in [0.25, 0.3) is 0 Å². The van der Waals surface area contributed by atoms with E-state index < -0.39 is 5.97 Å². The third-order valence-electron chi connectivity index (χ3n) is 3.56. The van der Waals surface area contributed by atoms with Crippen LogP contribution in [0.3, 0.4) is 0 Å². The quantitative estimate of drug-likeness (QED) is 0.927. The number of hydrogen-bond acceptors (Lipinski definition) is 3. The molecular weight excluding hydrogens is 254 g/mol. The second-order valence-corrected chi connectivity index (χ2v) is 5.10. The summed E-state index contributed by atoms with van der Waals surface area (Å²) in [5.74, 6) is -0.958. The minimum Gasteiger partial charge on any atom is -0.476 e. The molecule has 1 aromatic heterocycles. The van der Waals surface area contributed by atoms with Gasteiger partial charge in [0.05, 0.1) is 5.69 Å². The van der Waals surface area contributed by atoms with Crippen molar-refractivity contribution in [1.29, 1.82) is 0 Å². The molecule has 1 aliphatic heterocycles. The molecule has 0 saturated carbocycles. The second-order valence-electron chi connectivity index (χ2n) is 5.10. The molecule has 0 atom stereocenters. The Balaban J connectivity index is 1.77. The van der Waals surface area contributed by atoms with E-state index in [-0.39, 0.29) is 5.69 Å². The van der Waals surface area contributed by atoms with Crippen molar-refractivity contribution in [2.45, 2.75) is 26.1 Å². The first-order chi connectivity index (χ1) is 9.72. The van der Waals surface area contributed by atoms with Crippen molar-refractivity contribution in [3.63, 3.8) is 0 Å². The molecular formula is C15H17N3O2. The summed E-state index contributed by atoms with van der Waals surface area (Å²) in [5, 5.41) is 13.2. The van der Waals surface area contributed by atoms with Gasteiger partial charge in [0.1, 0.15) is 0 Å². The number of nitrogens with zero attached hydrogens (tertiary/aromatic N) is 3. The Morgan fingerprint density at radius 1 is 1.25 bits per heavy atom. The van der Waals surface area contributed by atoms with Crippen LogP contribution in [0.5, 0.6) is 0 Å². The molecule has 0 amide bonds. The van der Waals surface area contributed by atoms with Crippen LogP contribution in [0.2, 0.25) is 0 Å². The Kier molecular flexibility index (Phi) is 3.52. The molecule has 1 aliphatic rings. The monoisotopic (exact) mass is 271 g/mol. The summed E-state index contributed by atoms with van der Waals surface area (Å²) in [5.41, 5.74) is 2.40. The number of aryl methyl sites for hydroxylation is 1. The third-order valence-corrected chi connectivity index (χ3v) is 3.56. The highest BCUT2D eigenvalue weighted by atomic mass is 16.4. The van der Waals surface area contributed by atoms with Gasteiger partial charge in [0.15, 0.2) is 5.69 Å². The molecule has 5 nitrogen and oxygen atoms in total. The largest absolute Gasteiger partial charge is 0.476 e. The highest BCUT2D eigenvalue weighted by molar-refractivity contribution is 5.85. The van der Waals surface area contributed by atoms with Gasteiger partial charge in [0.2, 0.25) is 0 Å². The first kappa shape index (κ1) is 12.9. The van der Waals surface area contributed by atoms with Crippen LogP contribution in [0.4, 0.5) is 0 Å². The Morgan fingerprint density at radius 3 is 2.80 bits per heavy atom. The predicted octanol–water partition coefficient (Wildman–Crippen LogP) is 1.99. The fourth-order valence-corrected chi connectivity index (χ4v) is 2.61. The lowest BCUT2D eigenvalue weighted by Gasteiger charge is -2.19. The van der Waals surface area contributed by atoms with E-state index in [0.717, 1.165) is 38.3 Å². The van der Waals surface area contributed by atoms with Gasteiger partial charge in [-0.15, -0.1) is 0 Å². The molecule has 2 aromatic rings. The maximum atomic E-state index is 11.0. The van der Waals surface area contributed by atoms with Gasteiger partial charge in [-0.25, -0.2) is 4.79 Å². The standard InChI is InChI=1S/C15H17N3O2/c19-15(20)14-9-13-11-17(7-4-8-18(13)16-14)10-12-5-2-1-3-6-12/h1-3,5-6,9H,4,7-8,10-11H2,(H,19,20). The fourth-order valence-electron chi connectivity index (χ4n) is 2.61. The number of rotatable bonds is 3. The lowest BCUT2D eigenvalue weighted by Crippen LogP contribution is -2.22. The molecule has 0 spiro atoms. The topological polar surface area (TPSA) is 58.4 Å². The lowest BCUT2D eigenvalue weighted by atomic mass is 10.2. The number of hydrogen-bond donors (Lipinski definition) is 1. The average Bonchev–Trinajstić information content (AvgIpc) is 2.74. The lowest BCUT2D eigenvalue weighted by molar-refractivity contribution is 0.0689. The van der Waals surface area contributed by atoms with Crippen molar-refractivity contribution in [2.24, 2.45) is 0 Å². The maximum absolute atomic E-state index is 11.0. The minimum absolute atomic E-state index is 0.140. The number of benzene rings is 1. The minimum atomic E-state index is -0.958. The molecule has 20 heavy (non-hydrogen) atoms. The normalized spacial score (nSPS) is 15.6. The maximum Gasteiger partial charge on any atom is 0.356 e. The average molecular weight is 271 g/mol. The number of carboxylic acid groups (broad SMARTS) is 1. The Bertz CT molecular complexity index is 607. The van der Waals surface area contributed by atoms with Gasteiger partial charge in [-0.05, 0) is 18.1 Å². The van der Waals surface area contributed by atoms with E-state index in [1.165, 1.54) is 5.56 Å². The van der Waals surface area contributed by atoms with Gasteiger partial charge in [-0.1, -0.05) is 30.3 Å². The van der Waals surface area contributed by atoms with Crippen LogP contribution < -0.4 is 0 Å². The van der Waals surface area contributed by atoms with Crippen molar-refractivity contribution in [3.8, 4) is 0 Å². The van der Waals surface area contributed by atoms with Crippen LogP contribution in [0, 0.1) is 0 Å². The zero-order chi connectivity index (χ0) is 13.9. The van der Waals surface area contributed by atoms with Crippen LogP contribution in [-0.4, -0.2) is 32.3 Å². The third kappa shape index (κ3) is 2.72. The van der Waals surface area contributed by atoms with Gasteiger partial charge in [0, 0.05) is 26.2 Å². The van der Waals surface area contributed by atoms with E-state index in [0.29, 0.717) is 0 Å². The molecule has 1 aromatic carbocycles. The fraction of sp³-hybridized carbons (Fsp3) is 0.333. The smallest absolute Gasteiger partial charge is 0.356 e. The number of carbonyl (C=O) groups is 1. The molecule has 0 unspecified atom stereocenters. The Hall–Kier alpha value is -2.14. The van der Waals surface area contributed by atoms with E-state index in [2.05, 4.69) is 22.1 Å². The van der Waals surface area contributed by atoms with Gasteiger partial charge >= 0.3 is 5.97 Å². The van der Waals surface area contributed by atoms with Crippen molar-refractivity contribution >= 4 is 5.97 Å². The molecule has 2 heterocycles. The van der Waals surface area contributed by atoms with Gasteiger partial charge in [-0.3, -0.25) is 9.58 Å². The van der Waals surface area contributed by atoms with E-state index in [1.807, 2.05) is 22.9 Å². The number of carboxylic acids is 1. The van der Waals surface area contributed by atoms with Crippen LogP contribution in [0.15, 0.2) is 36.4 Å². The van der Waals surface area contributed by atoms with Crippen LogP contribution >= 0.6 is 0 Å². The highest BCUT2D eigenvalue weighted by Crippen LogP contribution is 2.16. The molecule has 0 fully saturated rings. The SMILES string of the molecule is O=C(O)c1cc2n(n1)CCCN(Cc1ccccc1)C2. The van der Waals surface area contributed by atoms with Crippen molar-refractivity contribution < 1.29 is 9.90 Å². The van der Waals surface area contributed by atoms with Crippen molar-refractivity contribution in [1.82, 2.24) is 14.7 Å². The van der Waals surface area contributed by atoms with Crippen molar-refractivity contribution in [2.75, 3.05) is 6.54 Å². The molecule has 104 valence electrons. The van der Waals surface area contributed by atoms with Gasteiger partial charge < -0.3 is 5.11 Å². The molecule has 5 heteroatoms. The molecule has 0 aliphatic carbocycles. The zero-order valence-electron chi connectivity index (χ0n) is 11.2. The number of fused-ring (bicyclic) bond motifs is 1. The summed E-state index contributed by atoms with van der Waals surface area (Å²) >= 11 is 0. The molecule has 3 rings (SSSR count). The number of aromatic carboxylic acids is 1. The van der Waals surface area contributed by atoms with Crippen LogP contribution in [0.1, 0.15) is 28.2 Å². The Labute approximate surface area is 117 Å². The molecule has 0 radical (unpaired) electrons.